The van der Waals surface area contributed by atoms with Gasteiger partial charge >= 0.3 is 5.97 Å². The van der Waals surface area contributed by atoms with Crippen LogP contribution in [0.15, 0.2) is 36.4 Å². The van der Waals surface area contributed by atoms with E-state index >= 15 is 0 Å². The van der Waals surface area contributed by atoms with E-state index in [9.17, 15) is 14.7 Å². The zero-order valence-corrected chi connectivity index (χ0v) is 11.0. The molecule has 0 spiro atoms. The van der Waals surface area contributed by atoms with Crippen LogP contribution in [0.4, 0.5) is 0 Å². The lowest BCUT2D eigenvalue weighted by atomic mass is 10.1. The van der Waals surface area contributed by atoms with Gasteiger partial charge in [-0.05, 0) is 24.5 Å². The standard InChI is InChI=1S/C15H17NO4/c17-13-4-2-1-3-10(13)6-8-14(18)16-12-7-5-11(9-12)15(19)20/h1-5,7,11-12,17H,6,8-9H2,(H,16,18)(H,19,20). The second-order valence-electron chi connectivity index (χ2n) is 4.87. The first kappa shape index (κ1) is 14.1. The third-order valence-corrected chi connectivity index (χ3v) is 3.36. The second-order valence-corrected chi connectivity index (χ2v) is 4.87. The van der Waals surface area contributed by atoms with Gasteiger partial charge in [0.1, 0.15) is 5.75 Å². The molecule has 2 rings (SSSR count). The molecule has 20 heavy (non-hydrogen) atoms. The molecule has 106 valence electrons. The molecule has 1 aromatic carbocycles. The number of aryl methyl sites for hydroxylation is 1. The van der Waals surface area contributed by atoms with Crippen molar-refractivity contribution in [3.05, 3.63) is 42.0 Å². The Labute approximate surface area is 116 Å². The Kier molecular flexibility index (Phi) is 4.40. The summed E-state index contributed by atoms with van der Waals surface area (Å²) >= 11 is 0. The zero-order valence-electron chi connectivity index (χ0n) is 11.0. The van der Waals surface area contributed by atoms with Crippen LogP contribution >= 0.6 is 0 Å². The number of nitrogens with one attached hydrogen (secondary N) is 1. The second kappa shape index (κ2) is 6.23. The Morgan fingerprint density at radius 3 is 2.65 bits per heavy atom. The smallest absolute Gasteiger partial charge is 0.310 e. The van der Waals surface area contributed by atoms with Gasteiger partial charge in [-0.25, -0.2) is 0 Å². The summed E-state index contributed by atoms with van der Waals surface area (Å²) in [5.41, 5.74) is 0.730. The van der Waals surface area contributed by atoms with Crippen molar-refractivity contribution in [1.29, 1.82) is 0 Å². The van der Waals surface area contributed by atoms with Gasteiger partial charge < -0.3 is 15.5 Å². The fraction of sp³-hybridized carbons (Fsp3) is 0.333. The molecule has 5 heteroatoms. The minimum Gasteiger partial charge on any atom is -0.508 e. The number of rotatable bonds is 5. The lowest BCUT2D eigenvalue weighted by Crippen LogP contribution is -2.33. The molecule has 0 aliphatic heterocycles. The van der Waals surface area contributed by atoms with Gasteiger partial charge in [-0.2, -0.15) is 0 Å². The number of aliphatic carboxylic acids is 1. The summed E-state index contributed by atoms with van der Waals surface area (Å²) in [6.45, 7) is 0. The van der Waals surface area contributed by atoms with Crippen molar-refractivity contribution in [3.63, 3.8) is 0 Å². The molecular weight excluding hydrogens is 258 g/mol. The molecule has 0 heterocycles. The summed E-state index contributed by atoms with van der Waals surface area (Å²) in [5, 5.41) is 21.2. The maximum absolute atomic E-state index is 11.8. The Morgan fingerprint density at radius 1 is 1.25 bits per heavy atom. The summed E-state index contributed by atoms with van der Waals surface area (Å²) in [5.74, 6) is -1.34. The van der Waals surface area contributed by atoms with Gasteiger partial charge in [0, 0.05) is 12.5 Å². The highest BCUT2D eigenvalue weighted by atomic mass is 16.4. The van der Waals surface area contributed by atoms with Crippen LogP contribution < -0.4 is 5.32 Å². The van der Waals surface area contributed by atoms with E-state index in [0.29, 0.717) is 12.8 Å². The molecule has 1 amide bonds. The summed E-state index contributed by atoms with van der Waals surface area (Å²) < 4.78 is 0. The SMILES string of the molecule is O=C(CCc1ccccc1O)NC1C=CC(C(=O)O)C1. The molecule has 1 aromatic rings. The molecule has 0 fully saturated rings. The number of hydrogen-bond acceptors (Lipinski definition) is 3. The van der Waals surface area contributed by atoms with Crippen LogP contribution in [-0.4, -0.2) is 28.1 Å². The molecule has 0 bridgehead atoms. The van der Waals surface area contributed by atoms with Crippen LogP contribution in [0.5, 0.6) is 5.75 Å². The summed E-state index contributed by atoms with van der Waals surface area (Å²) in [6.07, 6.45) is 4.45. The predicted molar refractivity (Wildman–Crippen MR) is 73.2 cm³/mol. The number of carboxylic acid groups (broad SMARTS) is 1. The van der Waals surface area contributed by atoms with Crippen molar-refractivity contribution < 1.29 is 19.8 Å². The van der Waals surface area contributed by atoms with E-state index in [1.165, 1.54) is 0 Å². The highest BCUT2D eigenvalue weighted by molar-refractivity contribution is 5.78. The average molecular weight is 275 g/mol. The molecule has 2 unspecified atom stereocenters. The quantitative estimate of drug-likeness (QED) is 0.710. The number of phenols is 1. The van der Waals surface area contributed by atoms with E-state index in [4.69, 9.17) is 5.11 Å². The van der Waals surface area contributed by atoms with Gasteiger partial charge in [0.25, 0.3) is 0 Å². The predicted octanol–water partition coefficient (Wildman–Crippen LogP) is 1.47. The van der Waals surface area contributed by atoms with Crippen molar-refractivity contribution in [2.45, 2.75) is 25.3 Å². The minimum absolute atomic E-state index is 0.144. The van der Waals surface area contributed by atoms with E-state index in [-0.39, 0.29) is 24.1 Å². The number of amides is 1. The van der Waals surface area contributed by atoms with Gasteiger partial charge in [0.15, 0.2) is 0 Å². The van der Waals surface area contributed by atoms with Crippen molar-refractivity contribution in [3.8, 4) is 5.75 Å². The van der Waals surface area contributed by atoms with E-state index in [0.717, 1.165) is 5.56 Å². The first-order valence-electron chi connectivity index (χ1n) is 6.53. The lowest BCUT2D eigenvalue weighted by Gasteiger charge is -2.12. The van der Waals surface area contributed by atoms with E-state index < -0.39 is 11.9 Å². The van der Waals surface area contributed by atoms with E-state index in [2.05, 4.69) is 5.32 Å². The maximum atomic E-state index is 11.8. The normalized spacial score (nSPS) is 20.8. The molecule has 1 aliphatic carbocycles. The molecule has 2 atom stereocenters. The van der Waals surface area contributed by atoms with Crippen LogP contribution in [0.3, 0.4) is 0 Å². The molecular formula is C15H17NO4. The van der Waals surface area contributed by atoms with Crippen LogP contribution in [0, 0.1) is 5.92 Å². The van der Waals surface area contributed by atoms with Gasteiger partial charge in [-0.3, -0.25) is 9.59 Å². The van der Waals surface area contributed by atoms with Crippen molar-refractivity contribution in [2.75, 3.05) is 0 Å². The van der Waals surface area contributed by atoms with Crippen molar-refractivity contribution >= 4 is 11.9 Å². The summed E-state index contributed by atoms with van der Waals surface area (Å²) in [4.78, 5) is 22.6. The minimum atomic E-state index is -0.868. The number of benzene rings is 1. The van der Waals surface area contributed by atoms with Crippen LogP contribution in [-0.2, 0) is 16.0 Å². The monoisotopic (exact) mass is 275 g/mol. The molecule has 0 aromatic heterocycles. The lowest BCUT2D eigenvalue weighted by molar-refractivity contribution is -0.140. The highest BCUT2D eigenvalue weighted by Crippen LogP contribution is 2.19. The zero-order chi connectivity index (χ0) is 14.5. The van der Waals surface area contributed by atoms with E-state index in [1.54, 1.807) is 30.4 Å². The Balaban J connectivity index is 1.78. The molecule has 5 nitrogen and oxygen atoms in total. The van der Waals surface area contributed by atoms with Crippen LogP contribution in [0.2, 0.25) is 0 Å². The number of aromatic hydroxyl groups is 1. The van der Waals surface area contributed by atoms with Gasteiger partial charge in [0.2, 0.25) is 5.91 Å². The number of carbonyl (C=O) groups is 2. The van der Waals surface area contributed by atoms with Gasteiger partial charge in [-0.1, -0.05) is 30.4 Å². The van der Waals surface area contributed by atoms with Crippen LogP contribution in [0.1, 0.15) is 18.4 Å². The van der Waals surface area contributed by atoms with Crippen molar-refractivity contribution in [1.82, 2.24) is 5.32 Å². The summed E-state index contributed by atoms with van der Waals surface area (Å²) in [6, 6.07) is 6.69. The maximum Gasteiger partial charge on any atom is 0.310 e. The topological polar surface area (TPSA) is 86.6 Å². The summed E-state index contributed by atoms with van der Waals surface area (Å²) in [7, 11) is 0. The molecule has 3 N–H and O–H groups in total. The molecule has 1 aliphatic rings. The van der Waals surface area contributed by atoms with Crippen molar-refractivity contribution in [2.24, 2.45) is 5.92 Å². The number of hydrogen-bond donors (Lipinski definition) is 3. The Bertz CT molecular complexity index is 538. The van der Waals surface area contributed by atoms with E-state index in [1.807, 2.05) is 6.07 Å². The highest BCUT2D eigenvalue weighted by Gasteiger charge is 2.25. The number of phenolic OH excluding ortho intramolecular Hbond substituents is 1. The third kappa shape index (κ3) is 3.60. The molecule has 0 saturated heterocycles. The van der Waals surface area contributed by atoms with Gasteiger partial charge in [-0.15, -0.1) is 0 Å². The van der Waals surface area contributed by atoms with Crippen LogP contribution in [0.25, 0.3) is 0 Å². The Hall–Kier alpha value is -2.30. The number of carboxylic acids is 1. The molecule has 0 radical (unpaired) electrons. The van der Waals surface area contributed by atoms with Gasteiger partial charge in [0.05, 0.1) is 5.92 Å². The first-order valence-corrected chi connectivity index (χ1v) is 6.53. The largest absolute Gasteiger partial charge is 0.508 e. The molecule has 0 saturated carbocycles. The fourth-order valence-corrected chi connectivity index (χ4v) is 2.24. The fourth-order valence-electron chi connectivity index (χ4n) is 2.24. The first-order chi connectivity index (χ1) is 9.56. The Morgan fingerprint density at radius 2 is 2.00 bits per heavy atom. The number of carbonyl (C=O) groups excluding carboxylic acids is 1. The average Bonchev–Trinajstić information content (AvgIpc) is 2.86. The number of para-hydroxylation sites is 1. The third-order valence-electron chi connectivity index (χ3n) is 3.36.